The van der Waals surface area contributed by atoms with E-state index in [2.05, 4.69) is 31.8 Å². The molecule has 0 saturated carbocycles. The Morgan fingerprint density at radius 3 is 2.75 bits per heavy atom. The molecule has 6 nitrogen and oxygen atoms in total. The number of aromatic nitrogens is 4. The molecular weight excluding hydrogens is 252 g/mol. The molecule has 2 N–H and O–H groups in total. The molecule has 0 fully saturated rings. The van der Waals surface area contributed by atoms with E-state index < -0.39 is 0 Å². The Morgan fingerprint density at radius 2 is 2.10 bits per heavy atom. The molecule has 0 bridgehead atoms. The van der Waals surface area contributed by atoms with E-state index in [0.717, 1.165) is 36.3 Å². The Bertz CT molecular complexity index is 638. The van der Waals surface area contributed by atoms with Crippen LogP contribution in [0.3, 0.4) is 0 Å². The van der Waals surface area contributed by atoms with Crippen LogP contribution < -0.4 is 5.32 Å². The Hall–Kier alpha value is -2.42. The molecule has 0 aromatic carbocycles. The molecule has 0 spiro atoms. The van der Waals surface area contributed by atoms with Crippen LogP contribution in [0, 0.1) is 32.1 Å². The summed E-state index contributed by atoms with van der Waals surface area (Å²) in [7, 11) is 0. The molecule has 0 aliphatic rings. The van der Waals surface area contributed by atoms with Crippen molar-refractivity contribution in [2.24, 2.45) is 0 Å². The normalized spacial score (nSPS) is 10.3. The molecule has 6 heteroatoms. The van der Waals surface area contributed by atoms with Crippen LogP contribution in [0.2, 0.25) is 0 Å². The quantitative estimate of drug-likeness (QED) is 0.811. The SMILES string of the molecule is Cc1nnc(NCCCc2cn[nH]c2C)c(C#N)c1C. The fourth-order valence-corrected chi connectivity index (χ4v) is 1.98. The Balaban J connectivity index is 1.94. The minimum atomic E-state index is 0.569. The molecule has 104 valence electrons. The Labute approximate surface area is 118 Å². The standard InChI is InChI=1S/C14H18N6/c1-9-10(2)19-20-14(13(9)7-15)16-6-4-5-12-8-17-18-11(12)3/h8H,4-6H2,1-3H3,(H,16,20)(H,17,18). The highest BCUT2D eigenvalue weighted by molar-refractivity contribution is 5.55. The summed E-state index contributed by atoms with van der Waals surface area (Å²) in [5, 5.41) is 27.4. The molecule has 0 atom stereocenters. The van der Waals surface area contributed by atoms with Crippen molar-refractivity contribution in [2.75, 3.05) is 11.9 Å². The summed E-state index contributed by atoms with van der Waals surface area (Å²) in [6.07, 6.45) is 3.74. The van der Waals surface area contributed by atoms with Gasteiger partial charge in [-0.1, -0.05) is 0 Å². The van der Waals surface area contributed by atoms with Crippen molar-refractivity contribution in [2.45, 2.75) is 33.6 Å². The van der Waals surface area contributed by atoms with Gasteiger partial charge in [0.2, 0.25) is 0 Å². The summed E-state index contributed by atoms with van der Waals surface area (Å²) in [5.41, 5.74) is 4.58. The maximum absolute atomic E-state index is 9.20. The largest absolute Gasteiger partial charge is 0.367 e. The summed E-state index contributed by atoms with van der Waals surface area (Å²) in [4.78, 5) is 0. The van der Waals surface area contributed by atoms with Crippen LogP contribution in [-0.2, 0) is 6.42 Å². The fourth-order valence-electron chi connectivity index (χ4n) is 1.98. The number of nitrogens with zero attached hydrogens (tertiary/aromatic N) is 4. The summed E-state index contributed by atoms with van der Waals surface area (Å²) in [6.45, 7) is 6.51. The molecule has 2 heterocycles. The van der Waals surface area contributed by atoms with Crippen LogP contribution in [0.1, 0.15) is 34.5 Å². The number of anilines is 1. The molecule has 2 rings (SSSR count). The number of aromatic amines is 1. The molecule has 2 aromatic heterocycles. The highest BCUT2D eigenvalue weighted by Crippen LogP contribution is 2.17. The number of hydrogen-bond acceptors (Lipinski definition) is 5. The minimum Gasteiger partial charge on any atom is -0.367 e. The second-order valence-corrected chi connectivity index (χ2v) is 4.80. The van der Waals surface area contributed by atoms with Gasteiger partial charge >= 0.3 is 0 Å². The fraction of sp³-hybridized carbons (Fsp3) is 0.429. The van der Waals surface area contributed by atoms with Gasteiger partial charge in [0.05, 0.1) is 11.9 Å². The average Bonchev–Trinajstić information content (AvgIpc) is 2.84. The van der Waals surface area contributed by atoms with E-state index in [-0.39, 0.29) is 0 Å². The van der Waals surface area contributed by atoms with Gasteiger partial charge in [-0.2, -0.15) is 15.5 Å². The molecule has 0 aliphatic carbocycles. The van der Waals surface area contributed by atoms with E-state index >= 15 is 0 Å². The summed E-state index contributed by atoms with van der Waals surface area (Å²) in [5.74, 6) is 0.569. The predicted molar refractivity (Wildman–Crippen MR) is 76.4 cm³/mol. The number of nitrogens with one attached hydrogen (secondary N) is 2. The second-order valence-electron chi connectivity index (χ2n) is 4.80. The van der Waals surface area contributed by atoms with Gasteiger partial charge < -0.3 is 5.32 Å². The van der Waals surface area contributed by atoms with Gasteiger partial charge in [-0.05, 0) is 44.7 Å². The van der Waals surface area contributed by atoms with Gasteiger partial charge in [0, 0.05) is 12.2 Å². The van der Waals surface area contributed by atoms with Crippen LogP contribution in [0.25, 0.3) is 0 Å². The highest BCUT2D eigenvalue weighted by Gasteiger charge is 2.10. The number of H-pyrrole nitrogens is 1. The highest BCUT2D eigenvalue weighted by atomic mass is 15.2. The smallest absolute Gasteiger partial charge is 0.166 e. The van der Waals surface area contributed by atoms with Gasteiger partial charge in [0.15, 0.2) is 5.82 Å². The molecule has 0 amide bonds. The molecule has 20 heavy (non-hydrogen) atoms. The first-order valence-corrected chi connectivity index (χ1v) is 6.60. The lowest BCUT2D eigenvalue weighted by atomic mass is 10.1. The average molecular weight is 270 g/mol. The van der Waals surface area contributed by atoms with E-state index in [1.807, 2.05) is 27.0 Å². The van der Waals surface area contributed by atoms with Crippen molar-refractivity contribution in [3.05, 3.63) is 34.3 Å². The van der Waals surface area contributed by atoms with E-state index in [1.165, 1.54) is 5.56 Å². The Kier molecular flexibility index (Phi) is 4.31. The minimum absolute atomic E-state index is 0.569. The number of hydrogen-bond donors (Lipinski definition) is 2. The van der Waals surface area contributed by atoms with E-state index in [9.17, 15) is 5.26 Å². The molecule has 0 unspecified atom stereocenters. The van der Waals surface area contributed by atoms with Crippen LogP contribution in [0.4, 0.5) is 5.82 Å². The van der Waals surface area contributed by atoms with Crippen molar-refractivity contribution < 1.29 is 0 Å². The third kappa shape index (κ3) is 2.94. The summed E-state index contributed by atoms with van der Waals surface area (Å²) in [6, 6.07) is 2.19. The maximum Gasteiger partial charge on any atom is 0.166 e. The topological polar surface area (TPSA) is 90.3 Å². The molecular formula is C14H18N6. The molecule has 0 radical (unpaired) electrons. The zero-order chi connectivity index (χ0) is 14.5. The first-order chi connectivity index (χ1) is 9.63. The van der Waals surface area contributed by atoms with Crippen LogP contribution in [-0.4, -0.2) is 26.9 Å². The monoisotopic (exact) mass is 270 g/mol. The van der Waals surface area contributed by atoms with Gasteiger partial charge in [-0.15, -0.1) is 5.10 Å². The number of rotatable bonds is 5. The third-order valence-corrected chi connectivity index (χ3v) is 3.42. The third-order valence-electron chi connectivity index (χ3n) is 3.42. The first-order valence-electron chi connectivity index (χ1n) is 6.60. The predicted octanol–water partition coefficient (Wildman–Crippen LogP) is 2.04. The number of aryl methyl sites for hydroxylation is 3. The lowest BCUT2D eigenvalue weighted by Crippen LogP contribution is -2.09. The summed E-state index contributed by atoms with van der Waals surface area (Å²) >= 11 is 0. The molecule has 0 aliphatic heterocycles. The van der Waals surface area contributed by atoms with Crippen molar-refractivity contribution >= 4 is 5.82 Å². The van der Waals surface area contributed by atoms with E-state index in [4.69, 9.17) is 0 Å². The molecule has 0 saturated heterocycles. The maximum atomic E-state index is 9.20. The number of nitriles is 1. The van der Waals surface area contributed by atoms with Crippen LogP contribution in [0.15, 0.2) is 6.20 Å². The lowest BCUT2D eigenvalue weighted by Gasteiger charge is -2.09. The van der Waals surface area contributed by atoms with Gasteiger partial charge in [0.1, 0.15) is 11.6 Å². The van der Waals surface area contributed by atoms with Crippen LogP contribution in [0.5, 0.6) is 0 Å². The second kappa shape index (κ2) is 6.15. The van der Waals surface area contributed by atoms with Gasteiger partial charge in [-0.3, -0.25) is 5.10 Å². The van der Waals surface area contributed by atoms with Crippen LogP contribution >= 0.6 is 0 Å². The van der Waals surface area contributed by atoms with E-state index in [0.29, 0.717) is 11.4 Å². The lowest BCUT2D eigenvalue weighted by molar-refractivity contribution is 0.843. The zero-order valence-electron chi connectivity index (χ0n) is 12.0. The van der Waals surface area contributed by atoms with Gasteiger partial charge in [-0.25, -0.2) is 0 Å². The zero-order valence-corrected chi connectivity index (χ0v) is 12.0. The van der Waals surface area contributed by atoms with Crippen molar-refractivity contribution in [3.8, 4) is 6.07 Å². The first kappa shape index (κ1) is 14.0. The van der Waals surface area contributed by atoms with Gasteiger partial charge in [0.25, 0.3) is 0 Å². The molecule has 2 aromatic rings. The summed E-state index contributed by atoms with van der Waals surface area (Å²) < 4.78 is 0. The van der Waals surface area contributed by atoms with Crippen molar-refractivity contribution in [3.63, 3.8) is 0 Å². The van der Waals surface area contributed by atoms with Crippen molar-refractivity contribution in [1.29, 1.82) is 5.26 Å². The van der Waals surface area contributed by atoms with Crippen molar-refractivity contribution in [1.82, 2.24) is 20.4 Å². The van der Waals surface area contributed by atoms with E-state index in [1.54, 1.807) is 0 Å². The Morgan fingerprint density at radius 1 is 1.30 bits per heavy atom.